The molecule has 3 amide bonds. The zero-order valence-electron chi connectivity index (χ0n) is 33.6. The largest absolute Gasteiger partial charge is 0.493 e. The van der Waals surface area contributed by atoms with E-state index in [9.17, 15) is 29.2 Å². The minimum absolute atomic E-state index is 0.0622. The maximum atomic E-state index is 14.6. The van der Waals surface area contributed by atoms with Gasteiger partial charge < -0.3 is 19.5 Å². The first kappa shape index (κ1) is 42.3. The summed E-state index contributed by atoms with van der Waals surface area (Å²) in [7, 11) is 0. The predicted octanol–water partition coefficient (Wildman–Crippen LogP) is 9.18. The van der Waals surface area contributed by atoms with Crippen molar-refractivity contribution in [3.05, 3.63) is 98.4 Å². The van der Waals surface area contributed by atoms with Crippen molar-refractivity contribution in [1.29, 1.82) is 0 Å². The van der Waals surface area contributed by atoms with E-state index in [1.165, 1.54) is 0 Å². The minimum atomic E-state index is -0.948. The smallest absolute Gasteiger partial charge is 0.311 e. The third kappa shape index (κ3) is 9.52. The first-order valence-corrected chi connectivity index (χ1v) is 21.4. The van der Waals surface area contributed by atoms with Gasteiger partial charge in [-0.05, 0) is 118 Å². The fourth-order valence-corrected chi connectivity index (χ4v) is 10.5. The van der Waals surface area contributed by atoms with Gasteiger partial charge in [0, 0.05) is 47.5 Å². The lowest BCUT2D eigenvalue weighted by molar-refractivity contribution is -0.144. The molecule has 57 heavy (non-hydrogen) atoms. The second kappa shape index (κ2) is 17.6. The molecule has 2 fully saturated rings. The van der Waals surface area contributed by atoms with E-state index in [4.69, 9.17) is 9.47 Å². The van der Waals surface area contributed by atoms with Crippen LogP contribution in [-0.4, -0.2) is 62.3 Å². The van der Waals surface area contributed by atoms with Crippen molar-refractivity contribution in [1.82, 2.24) is 10.2 Å². The standard InChI is InChI=1S/C44H53N3O8S2/c1-26-19-32(24-54-33-16-12-15-31(20-33)21-34-40(49)45-42(52)56-34)37-29(4)36(27(2)28(3)39(37)55-26)38(41(50)51)44(17-10-11-18-44)22-35(48)47(25-43(5,6)57-46-53)23-30-13-8-7-9-14-30/h7-9,12-16,20,26,32,34,38H,10-11,17-19,21-25H2,1-6H3,(H,50,51)(H,45,49,52). The molecule has 304 valence electrons. The van der Waals surface area contributed by atoms with Crippen molar-refractivity contribution in [2.45, 2.75) is 121 Å². The summed E-state index contributed by atoms with van der Waals surface area (Å²) >= 11 is 1.90. The van der Waals surface area contributed by atoms with E-state index in [0.29, 0.717) is 44.6 Å². The van der Waals surface area contributed by atoms with Crippen LogP contribution in [0.3, 0.4) is 0 Å². The van der Waals surface area contributed by atoms with Crippen LogP contribution in [0, 0.1) is 31.1 Å². The molecule has 3 aliphatic rings. The Morgan fingerprint density at radius 1 is 1.05 bits per heavy atom. The van der Waals surface area contributed by atoms with Crippen molar-refractivity contribution in [2.24, 2.45) is 10.00 Å². The van der Waals surface area contributed by atoms with Crippen LogP contribution in [0.5, 0.6) is 11.5 Å². The number of carbonyl (C=O) groups excluding carboxylic acids is 3. The number of benzene rings is 3. The van der Waals surface area contributed by atoms with Gasteiger partial charge in [-0.3, -0.25) is 24.5 Å². The summed E-state index contributed by atoms with van der Waals surface area (Å²) in [6.45, 7) is 12.7. The van der Waals surface area contributed by atoms with Gasteiger partial charge in [-0.2, -0.15) is 0 Å². The number of nitrogens with one attached hydrogen (secondary N) is 1. The van der Waals surface area contributed by atoms with E-state index in [1.54, 1.807) is 4.90 Å². The Balaban J connectivity index is 1.32. The summed E-state index contributed by atoms with van der Waals surface area (Å²) in [5.74, 6) is -1.02. The number of nitrogens with zero attached hydrogens (tertiary/aromatic N) is 2. The number of ether oxygens (including phenoxy) is 2. The molecule has 3 aromatic carbocycles. The van der Waals surface area contributed by atoms with Crippen LogP contribution >= 0.6 is 23.7 Å². The first-order chi connectivity index (χ1) is 27.1. The number of aliphatic carboxylic acids is 1. The zero-order valence-corrected chi connectivity index (χ0v) is 35.2. The topological polar surface area (TPSA) is 152 Å². The van der Waals surface area contributed by atoms with Gasteiger partial charge in [0.15, 0.2) is 0 Å². The Morgan fingerprint density at radius 3 is 2.40 bits per heavy atom. The van der Waals surface area contributed by atoms with Gasteiger partial charge in [0.2, 0.25) is 11.8 Å². The van der Waals surface area contributed by atoms with Crippen LogP contribution in [0.1, 0.15) is 110 Å². The summed E-state index contributed by atoms with van der Waals surface area (Å²) in [4.78, 5) is 65.4. The molecule has 0 bridgehead atoms. The molecule has 0 aromatic heterocycles. The maximum absolute atomic E-state index is 14.6. The molecule has 4 atom stereocenters. The van der Waals surface area contributed by atoms with Crippen molar-refractivity contribution in [3.8, 4) is 11.5 Å². The molecule has 11 nitrogen and oxygen atoms in total. The molecular weight excluding hydrogens is 763 g/mol. The lowest BCUT2D eigenvalue weighted by atomic mass is 9.65. The van der Waals surface area contributed by atoms with Gasteiger partial charge in [-0.25, -0.2) is 0 Å². The van der Waals surface area contributed by atoms with Crippen molar-refractivity contribution < 1.29 is 33.8 Å². The van der Waals surface area contributed by atoms with Gasteiger partial charge in [0.25, 0.3) is 5.24 Å². The Hall–Kier alpha value is -4.36. The van der Waals surface area contributed by atoms with Crippen LogP contribution < -0.4 is 14.8 Å². The molecule has 1 saturated heterocycles. The highest BCUT2D eigenvalue weighted by molar-refractivity contribution is 8.15. The number of nitroso groups, excluding NO2 is 1. The summed E-state index contributed by atoms with van der Waals surface area (Å²) in [5, 5.41) is 12.8. The number of hydrogen-bond acceptors (Lipinski definition) is 10. The third-order valence-electron chi connectivity index (χ3n) is 11.9. The lowest BCUT2D eigenvalue weighted by Gasteiger charge is -2.41. The highest BCUT2D eigenvalue weighted by Gasteiger charge is 2.50. The molecule has 4 unspecified atom stereocenters. The van der Waals surface area contributed by atoms with E-state index in [1.807, 2.05) is 96.1 Å². The van der Waals surface area contributed by atoms with E-state index in [0.717, 1.165) is 81.2 Å². The van der Waals surface area contributed by atoms with E-state index < -0.39 is 27.3 Å². The lowest BCUT2D eigenvalue weighted by Crippen LogP contribution is -2.44. The Morgan fingerprint density at radius 2 is 1.75 bits per heavy atom. The quantitative estimate of drug-likeness (QED) is 0.106. The molecule has 0 radical (unpaired) electrons. The monoisotopic (exact) mass is 815 g/mol. The van der Waals surface area contributed by atoms with Gasteiger partial charge >= 0.3 is 5.97 Å². The highest BCUT2D eigenvalue weighted by atomic mass is 32.2. The fraction of sp³-hybridized carbons (Fsp3) is 0.500. The number of thioether (sulfide) groups is 1. The highest BCUT2D eigenvalue weighted by Crippen LogP contribution is 2.55. The third-order valence-corrected chi connectivity index (χ3v) is 13.6. The number of fused-ring (bicyclic) bond motifs is 1. The Kier molecular flexibility index (Phi) is 13.1. The number of rotatable bonds is 16. The second-order valence-corrected chi connectivity index (χ2v) is 19.2. The molecule has 2 aliphatic heterocycles. The van der Waals surface area contributed by atoms with Crippen LogP contribution in [0.15, 0.2) is 59.2 Å². The summed E-state index contributed by atoms with van der Waals surface area (Å²) in [6.07, 6.45) is 3.87. The zero-order chi connectivity index (χ0) is 41.1. The molecule has 1 saturated carbocycles. The molecule has 2 heterocycles. The first-order valence-electron chi connectivity index (χ1n) is 19.7. The van der Waals surface area contributed by atoms with Crippen molar-refractivity contribution in [2.75, 3.05) is 13.2 Å². The summed E-state index contributed by atoms with van der Waals surface area (Å²) < 4.78 is 15.4. The fourth-order valence-electron chi connectivity index (χ4n) is 9.24. The van der Waals surface area contributed by atoms with Crippen LogP contribution in [0.2, 0.25) is 0 Å². The van der Waals surface area contributed by atoms with Crippen molar-refractivity contribution in [3.63, 3.8) is 0 Å². The van der Waals surface area contributed by atoms with Gasteiger partial charge in [0.1, 0.15) is 11.5 Å². The molecule has 3 aromatic rings. The molecule has 6 rings (SSSR count). The Labute approximate surface area is 343 Å². The normalized spacial score (nSPS) is 20.6. The van der Waals surface area contributed by atoms with Crippen LogP contribution in [0.25, 0.3) is 0 Å². The molecular formula is C44H53N3O8S2. The average Bonchev–Trinajstić information content (AvgIpc) is 3.75. The van der Waals surface area contributed by atoms with Crippen molar-refractivity contribution >= 4 is 46.7 Å². The van der Waals surface area contributed by atoms with Gasteiger partial charge in [0.05, 0.1) is 28.6 Å². The predicted molar refractivity (Wildman–Crippen MR) is 224 cm³/mol. The molecule has 2 N–H and O–H groups in total. The summed E-state index contributed by atoms with van der Waals surface area (Å²) in [6, 6.07) is 17.3. The van der Waals surface area contributed by atoms with E-state index in [2.05, 4.69) is 9.90 Å². The number of imide groups is 1. The summed E-state index contributed by atoms with van der Waals surface area (Å²) in [5.41, 5.74) is 5.30. The maximum Gasteiger partial charge on any atom is 0.311 e. The number of amides is 3. The van der Waals surface area contributed by atoms with Crippen LogP contribution in [0.4, 0.5) is 4.79 Å². The van der Waals surface area contributed by atoms with Gasteiger partial charge in [-0.1, -0.05) is 67.1 Å². The molecule has 0 spiro atoms. The minimum Gasteiger partial charge on any atom is -0.493 e. The SMILES string of the molecule is Cc1c(C)c(C(C(=O)O)C2(CC(=O)N(Cc3ccccc3)CC(C)(C)SN=O)CCCC2)c(C)c2c1OC(C)CC2COc1cccc(CC2SC(=O)NC2=O)c1. The average molecular weight is 816 g/mol. The number of carbonyl (C=O) groups is 4. The molecule has 1 aliphatic carbocycles. The van der Waals surface area contributed by atoms with Crippen LogP contribution in [-0.2, 0) is 27.3 Å². The van der Waals surface area contributed by atoms with E-state index >= 15 is 0 Å². The molecule has 13 heteroatoms. The number of carboxylic acid groups (broad SMARTS) is 1. The van der Waals surface area contributed by atoms with Gasteiger partial charge in [-0.15, -0.1) is 4.91 Å². The number of hydrogen-bond donors (Lipinski definition) is 2. The number of carboxylic acids is 1. The Bertz CT molecular complexity index is 2020. The van der Waals surface area contributed by atoms with E-state index in [-0.39, 0.29) is 42.0 Å². The second-order valence-electron chi connectivity index (χ2n) is 16.6.